The number of ketones is 1. The highest BCUT2D eigenvalue weighted by molar-refractivity contribution is 5.94. The van der Waals surface area contributed by atoms with Gasteiger partial charge in [0.25, 0.3) is 0 Å². The molecule has 20 heavy (non-hydrogen) atoms. The van der Waals surface area contributed by atoms with E-state index >= 15 is 0 Å². The zero-order valence-corrected chi connectivity index (χ0v) is 11.8. The van der Waals surface area contributed by atoms with Crippen molar-refractivity contribution < 1.29 is 9.18 Å². The minimum absolute atomic E-state index is 0.123. The highest BCUT2D eigenvalue weighted by atomic mass is 19.1. The number of hydrogen-bond acceptors (Lipinski definition) is 2. The van der Waals surface area contributed by atoms with E-state index in [1.807, 2.05) is 30.1 Å². The van der Waals surface area contributed by atoms with Crippen LogP contribution in [0.1, 0.15) is 22.8 Å². The van der Waals surface area contributed by atoms with Crippen molar-refractivity contribution in [1.29, 1.82) is 0 Å². The number of hydrogen-bond donors (Lipinski definition) is 0. The molecule has 0 saturated carbocycles. The monoisotopic (exact) mass is 271 g/mol. The molecular formula is C17H18FNO. The molecule has 2 nitrogen and oxygen atoms in total. The van der Waals surface area contributed by atoms with Gasteiger partial charge in [0.05, 0.1) is 5.69 Å². The van der Waals surface area contributed by atoms with E-state index in [2.05, 4.69) is 12.1 Å². The van der Waals surface area contributed by atoms with E-state index in [-0.39, 0.29) is 11.6 Å². The summed E-state index contributed by atoms with van der Waals surface area (Å²) in [5, 5.41) is 0. The molecule has 3 heteroatoms. The van der Waals surface area contributed by atoms with Crippen molar-refractivity contribution in [2.45, 2.75) is 13.3 Å². The van der Waals surface area contributed by atoms with Crippen LogP contribution in [0.3, 0.4) is 0 Å². The predicted molar refractivity (Wildman–Crippen MR) is 79.8 cm³/mol. The Kier molecular flexibility index (Phi) is 4.51. The van der Waals surface area contributed by atoms with E-state index in [4.69, 9.17) is 0 Å². The summed E-state index contributed by atoms with van der Waals surface area (Å²) in [5.41, 5.74) is 2.15. The fourth-order valence-electron chi connectivity index (χ4n) is 2.10. The first-order valence-corrected chi connectivity index (χ1v) is 6.63. The minimum atomic E-state index is -0.353. The summed E-state index contributed by atoms with van der Waals surface area (Å²) >= 11 is 0. The molecule has 0 unspecified atom stereocenters. The number of halogens is 1. The summed E-state index contributed by atoms with van der Waals surface area (Å²) in [4.78, 5) is 13.1. The van der Waals surface area contributed by atoms with Crippen molar-refractivity contribution in [3.8, 4) is 0 Å². The topological polar surface area (TPSA) is 20.3 Å². The van der Waals surface area contributed by atoms with Gasteiger partial charge in [0.15, 0.2) is 5.78 Å². The lowest BCUT2D eigenvalue weighted by Gasteiger charge is -2.20. The smallest absolute Gasteiger partial charge is 0.159 e. The van der Waals surface area contributed by atoms with Crippen LogP contribution >= 0.6 is 0 Å². The van der Waals surface area contributed by atoms with Crippen molar-refractivity contribution in [1.82, 2.24) is 0 Å². The molecule has 0 radical (unpaired) electrons. The third-order valence-corrected chi connectivity index (χ3v) is 3.34. The maximum absolute atomic E-state index is 14.0. The first-order valence-electron chi connectivity index (χ1n) is 6.63. The van der Waals surface area contributed by atoms with Crippen LogP contribution in [-0.4, -0.2) is 19.4 Å². The number of likely N-dealkylation sites (N-methyl/N-ethyl adjacent to an activating group) is 1. The molecular weight excluding hydrogens is 253 g/mol. The molecule has 0 N–H and O–H groups in total. The minimum Gasteiger partial charge on any atom is -0.372 e. The quantitative estimate of drug-likeness (QED) is 0.773. The Morgan fingerprint density at radius 3 is 2.45 bits per heavy atom. The molecule has 0 atom stereocenters. The van der Waals surface area contributed by atoms with Crippen molar-refractivity contribution in [3.63, 3.8) is 0 Å². The fraction of sp³-hybridized carbons (Fsp3) is 0.235. The summed E-state index contributed by atoms with van der Waals surface area (Å²) in [5.74, 6) is -0.476. The highest BCUT2D eigenvalue weighted by Crippen LogP contribution is 2.20. The van der Waals surface area contributed by atoms with Gasteiger partial charge < -0.3 is 4.90 Å². The van der Waals surface area contributed by atoms with E-state index in [9.17, 15) is 9.18 Å². The summed E-state index contributed by atoms with van der Waals surface area (Å²) in [6.07, 6.45) is 0.852. The molecule has 0 amide bonds. The molecule has 0 aromatic heterocycles. The van der Waals surface area contributed by atoms with E-state index in [0.717, 1.165) is 13.0 Å². The van der Waals surface area contributed by atoms with Crippen molar-refractivity contribution in [2.24, 2.45) is 0 Å². The zero-order chi connectivity index (χ0) is 14.5. The van der Waals surface area contributed by atoms with Crippen molar-refractivity contribution in [3.05, 3.63) is 65.5 Å². The third-order valence-electron chi connectivity index (χ3n) is 3.34. The molecule has 2 aromatic carbocycles. The molecule has 2 aromatic rings. The Morgan fingerprint density at radius 1 is 1.15 bits per heavy atom. The summed E-state index contributed by atoms with van der Waals surface area (Å²) in [6, 6.07) is 14.7. The highest BCUT2D eigenvalue weighted by Gasteiger charge is 2.10. The maximum atomic E-state index is 14.0. The third kappa shape index (κ3) is 3.44. The summed E-state index contributed by atoms with van der Waals surface area (Å²) in [6.45, 7) is 2.16. The first kappa shape index (κ1) is 14.3. The number of Topliss-reactive ketones (excluding diaryl/α,β-unsaturated/α-hetero) is 1. The number of rotatable bonds is 5. The van der Waals surface area contributed by atoms with Crippen LogP contribution in [0, 0.1) is 5.82 Å². The lowest BCUT2D eigenvalue weighted by molar-refractivity contribution is 0.101. The van der Waals surface area contributed by atoms with Gasteiger partial charge in [-0.25, -0.2) is 4.39 Å². The number of benzene rings is 2. The van der Waals surface area contributed by atoms with Gasteiger partial charge in [0.1, 0.15) is 5.82 Å². The maximum Gasteiger partial charge on any atom is 0.159 e. The van der Waals surface area contributed by atoms with E-state index in [0.29, 0.717) is 11.3 Å². The Balaban J connectivity index is 2.06. The van der Waals surface area contributed by atoms with Crippen LogP contribution in [0.15, 0.2) is 48.5 Å². The van der Waals surface area contributed by atoms with Crippen LogP contribution in [0.5, 0.6) is 0 Å². The SMILES string of the molecule is CC(=O)c1ccc(N(C)CCc2ccccc2)c(F)c1. The predicted octanol–water partition coefficient (Wildman–Crippen LogP) is 3.71. The first-order chi connectivity index (χ1) is 9.58. The summed E-state index contributed by atoms with van der Waals surface area (Å²) in [7, 11) is 1.86. The largest absolute Gasteiger partial charge is 0.372 e. The van der Waals surface area contributed by atoms with Crippen molar-refractivity contribution in [2.75, 3.05) is 18.5 Å². The van der Waals surface area contributed by atoms with E-state index in [1.54, 1.807) is 12.1 Å². The zero-order valence-electron chi connectivity index (χ0n) is 11.8. The normalized spacial score (nSPS) is 10.3. The number of anilines is 1. The van der Waals surface area contributed by atoms with Gasteiger partial charge in [-0.3, -0.25) is 4.79 Å². The number of carbonyl (C=O) groups is 1. The van der Waals surface area contributed by atoms with Gasteiger partial charge >= 0.3 is 0 Å². The standard InChI is InChI=1S/C17H18FNO/c1-13(20)15-8-9-17(16(18)12-15)19(2)11-10-14-6-4-3-5-7-14/h3-9,12H,10-11H2,1-2H3. The molecule has 0 fully saturated rings. The Labute approximate surface area is 118 Å². The van der Waals surface area contributed by atoms with Gasteiger partial charge in [-0.2, -0.15) is 0 Å². The Bertz CT molecular complexity index is 595. The molecule has 0 spiro atoms. The van der Waals surface area contributed by atoms with Crippen LogP contribution in [0.2, 0.25) is 0 Å². The van der Waals surface area contributed by atoms with Gasteiger partial charge in [-0.05, 0) is 37.1 Å². The van der Waals surface area contributed by atoms with Crippen molar-refractivity contribution >= 4 is 11.5 Å². The average Bonchev–Trinajstić information content (AvgIpc) is 2.45. The average molecular weight is 271 g/mol. The Hall–Kier alpha value is -2.16. The van der Waals surface area contributed by atoms with Crippen LogP contribution in [-0.2, 0) is 6.42 Å². The molecule has 2 rings (SSSR count). The number of carbonyl (C=O) groups excluding carboxylic acids is 1. The van der Waals surface area contributed by atoms with E-state index in [1.165, 1.54) is 18.6 Å². The summed E-state index contributed by atoms with van der Waals surface area (Å²) < 4.78 is 14.0. The van der Waals surface area contributed by atoms with Crippen LogP contribution in [0.4, 0.5) is 10.1 Å². The second-order valence-corrected chi connectivity index (χ2v) is 4.88. The molecule has 0 heterocycles. The van der Waals surface area contributed by atoms with Gasteiger partial charge in [-0.15, -0.1) is 0 Å². The molecule has 0 saturated heterocycles. The van der Waals surface area contributed by atoms with Gasteiger partial charge in [0, 0.05) is 19.2 Å². The molecule has 0 aliphatic heterocycles. The van der Waals surface area contributed by atoms with E-state index < -0.39 is 0 Å². The second kappa shape index (κ2) is 6.33. The fourth-order valence-corrected chi connectivity index (χ4v) is 2.10. The lowest BCUT2D eigenvalue weighted by atomic mass is 10.1. The molecule has 104 valence electrons. The second-order valence-electron chi connectivity index (χ2n) is 4.88. The van der Waals surface area contributed by atoms with Gasteiger partial charge in [0.2, 0.25) is 0 Å². The molecule has 0 aliphatic carbocycles. The Morgan fingerprint density at radius 2 is 1.85 bits per heavy atom. The molecule has 0 aliphatic rings. The lowest BCUT2D eigenvalue weighted by Crippen LogP contribution is -2.21. The number of nitrogens with zero attached hydrogens (tertiary/aromatic N) is 1. The van der Waals surface area contributed by atoms with Gasteiger partial charge in [-0.1, -0.05) is 30.3 Å². The van der Waals surface area contributed by atoms with Crippen LogP contribution in [0.25, 0.3) is 0 Å². The molecule has 0 bridgehead atoms. The van der Waals surface area contributed by atoms with Crippen LogP contribution < -0.4 is 4.90 Å².